The standard InChI is InChI=1S/C23H28N4O2S/c1-3-15(2)24-22(29)17-7-9-19(10-8-17)25-23(30)26-12-16-11-18(14-26)20-5-4-6-21(28)27(20)13-16/h4-10,15-16,18H,3,11-14H2,1-2H3,(H,24,29)(H,25,30)/t15-,16+,18-/m0/s1. The molecule has 1 amide bonds. The van der Waals surface area contributed by atoms with E-state index in [-0.39, 0.29) is 17.5 Å². The summed E-state index contributed by atoms with van der Waals surface area (Å²) in [6, 6.07) is 13.1. The van der Waals surface area contributed by atoms with Crippen molar-refractivity contribution in [1.29, 1.82) is 0 Å². The molecule has 2 aliphatic heterocycles. The molecule has 1 fully saturated rings. The van der Waals surface area contributed by atoms with Crippen LogP contribution in [0.5, 0.6) is 0 Å². The largest absolute Gasteiger partial charge is 0.350 e. The lowest BCUT2D eigenvalue weighted by atomic mass is 9.83. The number of pyridine rings is 1. The first-order valence-electron chi connectivity index (χ1n) is 10.6. The van der Waals surface area contributed by atoms with Crippen LogP contribution in [-0.4, -0.2) is 39.6 Å². The van der Waals surface area contributed by atoms with Crippen molar-refractivity contribution in [2.75, 3.05) is 18.4 Å². The van der Waals surface area contributed by atoms with E-state index >= 15 is 0 Å². The van der Waals surface area contributed by atoms with Crippen LogP contribution >= 0.6 is 12.2 Å². The van der Waals surface area contributed by atoms with E-state index in [2.05, 4.69) is 21.6 Å². The van der Waals surface area contributed by atoms with Crippen LogP contribution in [0.4, 0.5) is 5.69 Å². The summed E-state index contributed by atoms with van der Waals surface area (Å²) in [6.45, 7) is 6.45. The summed E-state index contributed by atoms with van der Waals surface area (Å²) in [7, 11) is 0. The number of nitrogens with zero attached hydrogens (tertiary/aromatic N) is 2. The second kappa shape index (κ2) is 8.60. The van der Waals surface area contributed by atoms with Gasteiger partial charge in [-0.1, -0.05) is 13.0 Å². The van der Waals surface area contributed by atoms with Crippen LogP contribution in [-0.2, 0) is 6.54 Å². The molecule has 0 aliphatic carbocycles. The number of likely N-dealkylation sites (tertiary alicyclic amines) is 1. The van der Waals surface area contributed by atoms with Gasteiger partial charge in [-0.15, -0.1) is 0 Å². The van der Waals surface area contributed by atoms with Gasteiger partial charge in [0.05, 0.1) is 0 Å². The van der Waals surface area contributed by atoms with E-state index in [4.69, 9.17) is 12.2 Å². The average molecular weight is 425 g/mol. The predicted octanol–water partition coefficient (Wildman–Crippen LogP) is 3.19. The minimum Gasteiger partial charge on any atom is -0.350 e. The van der Waals surface area contributed by atoms with Crippen LogP contribution in [0.2, 0.25) is 0 Å². The highest BCUT2D eigenvalue weighted by Crippen LogP contribution is 2.35. The highest BCUT2D eigenvalue weighted by atomic mass is 32.1. The summed E-state index contributed by atoms with van der Waals surface area (Å²) < 4.78 is 1.93. The number of anilines is 1. The first-order valence-corrected chi connectivity index (χ1v) is 11.0. The fourth-order valence-corrected chi connectivity index (χ4v) is 4.65. The maximum Gasteiger partial charge on any atom is 0.251 e. The Morgan fingerprint density at radius 2 is 1.93 bits per heavy atom. The van der Waals surface area contributed by atoms with Crippen molar-refractivity contribution in [3.8, 4) is 0 Å². The zero-order valence-corrected chi connectivity index (χ0v) is 18.2. The lowest BCUT2D eigenvalue weighted by Gasteiger charge is -2.43. The number of amides is 1. The highest BCUT2D eigenvalue weighted by molar-refractivity contribution is 7.80. The smallest absolute Gasteiger partial charge is 0.251 e. The topological polar surface area (TPSA) is 66.4 Å². The Balaban J connectivity index is 1.40. The second-order valence-electron chi connectivity index (χ2n) is 8.39. The molecule has 1 saturated heterocycles. The van der Waals surface area contributed by atoms with Gasteiger partial charge in [-0.25, -0.2) is 0 Å². The molecule has 4 rings (SSSR count). The summed E-state index contributed by atoms with van der Waals surface area (Å²) in [5.41, 5.74) is 2.71. The molecule has 0 radical (unpaired) electrons. The Bertz CT molecular complexity index is 1000. The molecule has 2 bridgehead atoms. The molecule has 1 aromatic heterocycles. The number of hydrogen-bond acceptors (Lipinski definition) is 3. The molecule has 1 aromatic carbocycles. The highest BCUT2D eigenvalue weighted by Gasteiger charge is 2.35. The molecule has 2 aromatic rings. The number of carbonyl (C=O) groups excluding carboxylic acids is 1. The average Bonchev–Trinajstić information content (AvgIpc) is 2.74. The van der Waals surface area contributed by atoms with E-state index in [1.807, 2.05) is 48.7 Å². The summed E-state index contributed by atoms with van der Waals surface area (Å²) in [4.78, 5) is 26.6. The first-order chi connectivity index (χ1) is 14.4. The Kier molecular flexibility index (Phi) is 5.90. The van der Waals surface area contributed by atoms with Crippen molar-refractivity contribution in [2.24, 2.45) is 5.92 Å². The molecule has 6 nitrogen and oxygen atoms in total. The van der Waals surface area contributed by atoms with E-state index in [0.29, 0.717) is 22.5 Å². The van der Waals surface area contributed by atoms with Gasteiger partial charge >= 0.3 is 0 Å². The van der Waals surface area contributed by atoms with Gasteiger partial charge in [0.25, 0.3) is 11.5 Å². The fourth-order valence-electron chi connectivity index (χ4n) is 4.38. The molecule has 30 heavy (non-hydrogen) atoms. The summed E-state index contributed by atoms with van der Waals surface area (Å²) in [5, 5.41) is 6.97. The molecule has 0 saturated carbocycles. The number of aromatic nitrogens is 1. The van der Waals surface area contributed by atoms with Crippen molar-refractivity contribution in [2.45, 2.75) is 45.2 Å². The maximum absolute atomic E-state index is 12.2. The first kappa shape index (κ1) is 20.6. The van der Waals surface area contributed by atoms with Gasteiger partial charge < -0.3 is 20.1 Å². The van der Waals surface area contributed by atoms with Crippen LogP contribution < -0.4 is 16.2 Å². The number of hydrogen-bond donors (Lipinski definition) is 2. The van der Waals surface area contributed by atoms with E-state index < -0.39 is 0 Å². The number of nitrogens with one attached hydrogen (secondary N) is 2. The maximum atomic E-state index is 12.2. The van der Waals surface area contributed by atoms with Crippen LogP contribution in [0.1, 0.15) is 48.7 Å². The number of thiocarbonyl (C=S) groups is 1. The van der Waals surface area contributed by atoms with Crippen LogP contribution in [0, 0.1) is 5.92 Å². The summed E-state index contributed by atoms with van der Waals surface area (Å²) >= 11 is 5.68. The van der Waals surface area contributed by atoms with Gasteiger partial charge in [-0.3, -0.25) is 9.59 Å². The lowest BCUT2D eigenvalue weighted by Crippen LogP contribution is -2.50. The van der Waals surface area contributed by atoms with Crippen molar-refractivity contribution in [1.82, 2.24) is 14.8 Å². The molecule has 2 N–H and O–H groups in total. The van der Waals surface area contributed by atoms with Crippen molar-refractivity contribution >= 4 is 28.9 Å². The third-order valence-electron chi connectivity index (χ3n) is 6.16. The monoisotopic (exact) mass is 424 g/mol. The zero-order valence-electron chi connectivity index (χ0n) is 17.4. The van der Waals surface area contributed by atoms with Crippen molar-refractivity contribution in [3.63, 3.8) is 0 Å². The third-order valence-corrected chi connectivity index (χ3v) is 6.52. The SMILES string of the molecule is CC[C@H](C)NC(=O)c1ccc(NC(=S)N2C[C@H]3C[C@@H](C2)c2cccc(=O)n2C3)cc1. The van der Waals surface area contributed by atoms with Crippen LogP contribution in [0.3, 0.4) is 0 Å². The third kappa shape index (κ3) is 4.26. The van der Waals surface area contributed by atoms with E-state index in [0.717, 1.165) is 43.9 Å². The minimum atomic E-state index is -0.0590. The molecule has 0 spiro atoms. The summed E-state index contributed by atoms with van der Waals surface area (Å²) in [5.74, 6) is 0.678. The fraction of sp³-hybridized carbons (Fsp3) is 0.435. The Morgan fingerprint density at radius 3 is 2.67 bits per heavy atom. The van der Waals surface area contributed by atoms with Gasteiger partial charge in [-0.2, -0.15) is 0 Å². The normalized spacial score (nSPS) is 20.8. The number of benzene rings is 1. The molecule has 2 aliphatic rings. The molecule has 3 heterocycles. The molecule has 7 heteroatoms. The van der Waals surface area contributed by atoms with E-state index in [1.54, 1.807) is 6.07 Å². The lowest BCUT2D eigenvalue weighted by molar-refractivity contribution is 0.0939. The Hall–Kier alpha value is -2.67. The number of piperidine rings is 1. The van der Waals surface area contributed by atoms with Crippen molar-refractivity contribution in [3.05, 3.63) is 64.1 Å². The molecule has 0 unspecified atom stereocenters. The molecule has 158 valence electrons. The number of rotatable bonds is 4. The Labute approximate surface area is 182 Å². The molecule has 3 atom stereocenters. The van der Waals surface area contributed by atoms with Crippen LogP contribution in [0.15, 0.2) is 47.3 Å². The minimum absolute atomic E-state index is 0.0590. The van der Waals surface area contributed by atoms with E-state index in [1.165, 1.54) is 0 Å². The molecular formula is C23H28N4O2S. The van der Waals surface area contributed by atoms with E-state index in [9.17, 15) is 9.59 Å². The second-order valence-corrected chi connectivity index (χ2v) is 8.78. The van der Waals surface area contributed by atoms with Gasteiger partial charge in [0.2, 0.25) is 0 Å². The quantitative estimate of drug-likeness (QED) is 0.738. The predicted molar refractivity (Wildman–Crippen MR) is 123 cm³/mol. The summed E-state index contributed by atoms with van der Waals surface area (Å²) in [6.07, 6.45) is 2.00. The Morgan fingerprint density at radius 1 is 1.17 bits per heavy atom. The number of fused-ring (bicyclic) bond motifs is 4. The van der Waals surface area contributed by atoms with Gasteiger partial charge in [0, 0.05) is 54.6 Å². The number of carbonyl (C=O) groups is 1. The van der Waals surface area contributed by atoms with Crippen LogP contribution in [0.25, 0.3) is 0 Å². The van der Waals surface area contributed by atoms with Gasteiger partial charge in [-0.05, 0) is 68.2 Å². The van der Waals surface area contributed by atoms with Gasteiger partial charge in [0.1, 0.15) is 0 Å². The molecular weight excluding hydrogens is 396 g/mol. The van der Waals surface area contributed by atoms with Crippen molar-refractivity contribution < 1.29 is 4.79 Å². The zero-order chi connectivity index (χ0) is 21.3. The van der Waals surface area contributed by atoms with Gasteiger partial charge in [0.15, 0.2) is 5.11 Å².